The molecule has 0 saturated carbocycles. The van der Waals surface area contributed by atoms with Gasteiger partial charge in [0, 0.05) is 31.2 Å². The lowest BCUT2D eigenvalue weighted by Gasteiger charge is -2.14. The van der Waals surface area contributed by atoms with Gasteiger partial charge in [-0.1, -0.05) is 18.2 Å². The Hall–Kier alpha value is -3.09. The molecule has 2 aromatic rings. The number of ether oxygens (including phenoxy) is 1. The van der Waals surface area contributed by atoms with Gasteiger partial charge in [-0.25, -0.2) is 0 Å². The number of methoxy groups -OCH3 is 1. The minimum atomic E-state index is -0.419. The third kappa shape index (κ3) is 4.19. The van der Waals surface area contributed by atoms with E-state index >= 15 is 0 Å². The smallest absolute Gasteiger partial charge is 0.274 e. The Morgan fingerprint density at radius 1 is 1.22 bits per heavy atom. The van der Waals surface area contributed by atoms with Crippen LogP contribution in [0.15, 0.2) is 42.5 Å². The van der Waals surface area contributed by atoms with E-state index in [0.29, 0.717) is 22.7 Å². The van der Waals surface area contributed by atoms with Crippen molar-refractivity contribution in [2.45, 2.75) is 13.5 Å². The third-order valence-electron chi connectivity index (χ3n) is 3.20. The summed E-state index contributed by atoms with van der Waals surface area (Å²) in [5.41, 5.74) is 1.80. The van der Waals surface area contributed by atoms with Gasteiger partial charge in [0.25, 0.3) is 5.69 Å². The van der Waals surface area contributed by atoms with Gasteiger partial charge in [-0.3, -0.25) is 14.9 Å². The molecular formula is C16H17N3O4. The van der Waals surface area contributed by atoms with Gasteiger partial charge < -0.3 is 15.4 Å². The number of carbonyl (C=O) groups excluding carboxylic acids is 1. The van der Waals surface area contributed by atoms with Gasteiger partial charge in [0.05, 0.1) is 23.4 Å². The number of rotatable bonds is 6. The minimum Gasteiger partial charge on any atom is -0.497 e. The summed E-state index contributed by atoms with van der Waals surface area (Å²) in [6.45, 7) is 1.66. The molecule has 0 aliphatic carbocycles. The first kappa shape index (κ1) is 16.3. The van der Waals surface area contributed by atoms with Crippen molar-refractivity contribution < 1.29 is 14.5 Å². The average molecular weight is 315 g/mol. The molecule has 0 spiro atoms. The highest BCUT2D eigenvalue weighted by molar-refractivity contribution is 5.92. The van der Waals surface area contributed by atoms with Crippen LogP contribution >= 0.6 is 0 Å². The monoisotopic (exact) mass is 315 g/mol. The maximum absolute atomic E-state index is 11.3. The van der Waals surface area contributed by atoms with Gasteiger partial charge in [-0.05, 0) is 12.1 Å². The summed E-state index contributed by atoms with van der Waals surface area (Å²) in [7, 11) is 1.54. The predicted molar refractivity (Wildman–Crippen MR) is 87.7 cm³/mol. The second kappa shape index (κ2) is 7.26. The summed E-state index contributed by atoms with van der Waals surface area (Å²) in [5.74, 6) is 0.410. The van der Waals surface area contributed by atoms with Gasteiger partial charge in [-0.2, -0.15) is 0 Å². The first-order valence-electron chi connectivity index (χ1n) is 6.93. The molecule has 7 heteroatoms. The number of nitrogens with zero attached hydrogens (tertiary/aromatic N) is 1. The number of para-hydroxylation sites is 1. The molecule has 0 radical (unpaired) electrons. The molecule has 0 bridgehead atoms. The molecule has 1 amide bonds. The van der Waals surface area contributed by atoms with Crippen molar-refractivity contribution in [2.75, 3.05) is 17.7 Å². The number of carbonyl (C=O) groups is 1. The first-order valence-corrected chi connectivity index (χ1v) is 6.93. The van der Waals surface area contributed by atoms with Crippen LogP contribution in [0.3, 0.4) is 0 Å². The summed E-state index contributed by atoms with van der Waals surface area (Å²) < 4.78 is 5.17. The molecule has 0 fully saturated rings. The Morgan fingerprint density at radius 2 is 1.96 bits per heavy atom. The van der Waals surface area contributed by atoms with Gasteiger partial charge in [0.1, 0.15) is 5.75 Å². The van der Waals surface area contributed by atoms with Crippen molar-refractivity contribution in [3.63, 3.8) is 0 Å². The second-order valence-corrected chi connectivity index (χ2v) is 4.83. The van der Waals surface area contributed by atoms with E-state index in [1.54, 1.807) is 43.5 Å². The average Bonchev–Trinajstić information content (AvgIpc) is 2.53. The topological polar surface area (TPSA) is 93.5 Å². The maximum Gasteiger partial charge on any atom is 0.274 e. The fourth-order valence-electron chi connectivity index (χ4n) is 2.12. The highest BCUT2D eigenvalue weighted by atomic mass is 16.6. The minimum absolute atomic E-state index is 0.0453. The van der Waals surface area contributed by atoms with Crippen LogP contribution in [0.2, 0.25) is 0 Å². The SMILES string of the molecule is COc1ccc(NC(C)=O)c(NCc2ccccc2[N+](=O)[O-])c1. The number of nitro groups is 1. The predicted octanol–water partition coefficient (Wildman–Crippen LogP) is 3.17. The Labute approximate surface area is 133 Å². The molecular weight excluding hydrogens is 298 g/mol. The fourth-order valence-corrected chi connectivity index (χ4v) is 2.12. The summed E-state index contributed by atoms with van der Waals surface area (Å²) in [4.78, 5) is 21.9. The molecule has 0 saturated heterocycles. The Morgan fingerprint density at radius 3 is 2.61 bits per heavy atom. The zero-order valence-electron chi connectivity index (χ0n) is 12.8. The van der Waals surface area contributed by atoms with E-state index in [0.717, 1.165) is 0 Å². The number of anilines is 2. The molecule has 0 aromatic heterocycles. The molecule has 0 aliphatic rings. The molecule has 0 aliphatic heterocycles. The molecule has 7 nitrogen and oxygen atoms in total. The molecule has 0 unspecified atom stereocenters. The van der Waals surface area contributed by atoms with Crippen molar-refractivity contribution in [2.24, 2.45) is 0 Å². The van der Waals surface area contributed by atoms with Crippen LogP contribution in [-0.4, -0.2) is 17.9 Å². The third-order valence-corrected chi connectivity index (χ3v) is 3.20. The highest BCUT2D eigenvalue weighted by Gasteiger charge is 2.13. The highest BCUT2D eigenvalue weighted by Crippen LogP contribution is 2.28. The fraction of sp³-hybridized carbons (Fsp3) is 0.188. The Kier molecular flexibility index (Phi) is 5.14. The van der Waals surface area contributed by atoms with Crippen molar-refractivity contribution in [3.8, 4) is 5.75 Å². The summed E-state index contributed by atoms with van der Waals surface area (Å²) in [5, 5.41) is 16.9. The Balaban J connectivity index is 2.25. The Bertz CT molecular complexity index is 731. The van der Waals surface area contributed by atoms with E-state index in [9.17, 15) is 14.9 Å². The van der Waals surface area contributed by atoms with Crippen molar-refractivity contribution in [1.82, 2.24) is 0 Å². The number of amides is 1. The largest absolute Gasteiger partial charge is 0.497 e. The number of hydrogen-bond donors (Lipinski definition) is 2. The van der Waals surface area contributed by atoms with Crippen molar-refractivity contribution >= 4 is 23.0 Å². The molecule has 0 heterocycles. The van der Waals surface area contributed by atoms with Crippen LogP contribution in [0.4, 0.5) is 17.1 Å². The molecule has 2 N–H and O–H groups in total. The van der Waals surface area contributed by atoms with Crippen molar-refractivity contribution in [3.05, 3.63) is 58.1 Å². The molecule has 2 rings (SSSR count). The molecule has 2 aromatic carbocycles. The van der Waals surface area contributed by atoms with E-state index in [1.165, 1.54) is 13.0 Å². The standard InChI is InChI=1S/C16H17N3O4/c1-11(20)18-14-8-7-13(23-2)9-15(14)17-10-12-5-3-4-6-16(12)19(21)22/h3-9,17H,10H2,1-2H3,(H,18,20). The van der Waals surface area contributed by atoms with Crippen LogP contribution in [0, 0.1) is 10.1 Å². The second-order valence-electron chi connectivity index (χ2n) is 4.83. The summed E-state index contributed by atoms with van der Waals surface area (Å²) in [6.07, 6.45) is 0. The quantitative estimate of drug-likeness (QED) is 0.631. The summed E-state index contributed by atoms with van der Waals surface area (Å²) in [6, 6.07) is 11.7. The number of nitro benzene ring substituents is 1. The normalized spacial score (nSPS) is 10.0. The maximum atomic E-state index is 11.3. The van der Waals surface area contributed by atoms with E-state index < -0.39 is 4.92 Å². The lowest BCUT2D eigenvalue weighted by Crippen LogP contribution is -2.10. The van der Waals surface area contributed by atoms with Gasteiger partial charge >= 0.3 is 0 Å². The molecule has 120 valence electrons. The van der Waals surface area contributed by atoms with E-state index in [-0.39, 0.29) is 18.1 Å². The molecule has 23 heavy (non-hydrogen) atoms. The number of benzene rings is 2. The van der Waals surface area contributed by atoms with Crippen LogP contribution < -0.4 is 15.4 Å². The van der Waals surface area contributed by atoms with E-state index in [4.69, 9.17) is 4.74 Å². The van der Waals surface area contributed by atoms with Crippen molar-refractivity contribution in [1.29, 1.82) is 0 Å². The lowest BCUT2D eigenvalue weighted by atomic mass is 10.1. The number of hydrogen-bond acceptors (Lipinski definition) is 5. The first-order chi connectivity index (χ1) is 11.0. The van der Waals surface area contributed by atoms with Crippen LogP contribution in [0.25, 0.3) is 0 Å². The van der Waals surface area contributed by atoms with Gasteiger partial charge in [0.2, 0.25) is 5.91 Å². The van der Waals surface area contributed by atoms with E-state index in [2.05, 4.69) is 10.6 Å². The van der Waals surface area contributed by atoms with Gasteiger partial charge in [-0.15, -0.1) is 0 Å². The van der Waals surface area contributed by atoms with Gasteiger partial charge in [0.15, 0.2) is 0 Å². The number of nitrogens with one attached hydrogen (secondary N) is 2. The summed E-state index contributed by atoms with van der Waals surface area (Å²) >= 11 is 0. The zero-order chi connectivity index (χ0) is 16.8. The van der Waals surface area contributed by atoms with Crippen LogP contribution in [0.1, 0.15) is 12.5 Å². The van der Waals surface area contributed by atoms with E-state index in [1.807, 2.05) is 0 Å². The zero-order valence-corrected chi connectivity index (χ0v) is 12.8. The molecule has 0 atom stereocenters. The van der Waals surface area contributed by atoms with Crippen LogP contribution in [0.5, 0.6) is 5.75 Å². The lowest BCUT2D eigenvalue weighted by molar-refractivity contribution is -0.385. The van der Waals surface area contributed by atoms with Crippen LogP contribution in [-0.2, 0) is 11.3 Å².